The molecule has 1 rings (SSSR count). The van der Waals surface area contributed by atoms with Crippen LogP contribution in [0.3, 0.4) is 0 Å². The van der Waals surface area contributed by atoms with Gasteiger partial charge in [0.15, 0.2) is 0 Å². The van der Waals surface area contributed by atoms with Gasteiger partial charge in [0.25, 0.3) is 5.91 Å². The molecule has 1 aromatic carbocycles. The maximum absolute atomic E-state index is 12.3. The van der Waals surface area contributed by atoms with Crippen molar-refractivity contribution in [2.75, 3.05) is 19.4 Å². The number of amides is 1. The summed E-state index contributed by atoms with van der Waals surface area (Å²) in [5.74, 6) is -0.0317. The highest BCUT2D eigenvalue weighted by Gasteiger charge is 2.31. The number of hydrogen-bond donors (Lipinski definition) is 1. The van der Waals surface area contributed by atoms with Crippen molar-refractivity contribution in [3.05, 3.63) is 29.8 Å². The molecule has 0 saturated carbocycles. The topological polar surface area (TPSA) is 55.6 Å². The van der Waals surface area contributed by atoms with Crippen molar-refractivity contribution < 1.29 is 9.53 Å². The summed E-state index contributed by atoms with van der Waals surface area (Å²) in [5.41, 5.74) is 6.76. The van der Waals surface area contributed by atoms with Crippen molar-refractivity contribution in [1.82, 2.24) is 4.90 Å². The molecular weight excluding hydrogens is 228 g/mol. The third-order valence-electron chi connectivity index (χ3n) is 3.11. The number of likely N-dealkylation sites (N-methyl/N-ethyl adjacent to an activating group) is 1. The molecule has 0 aliphatic heterocycles. The van der Waals surface area contributed by atoms with Gasteiger partial charge < -0.3 is 15.4 Å². The lowest BCUT2D eigenvalue weighted by atomic mass is 10.1. The highest BCUT2D eigenvalue weighted by Crippen LogP contribution is 2.18. The third-order valence-corrected chi connectivity index (χ3v) is 3.11. The van der Waals surface area contributed by atoms with E-state index in [-0.39, 0.29) is 5.91 Å². The molecule has 4 nitrogen and oxygen atoms in total. The van der Waals surface area contributed by atoms with Crippen LogP contribution in [0.25, 0.3) is 0 Å². The number of ether oxygens (including phenoxy) is 1. The molecule has 0 spiro atoms. The van der Waals surface area contributed by atoms with Crippen LogP contribution >= 0.6 is 0 Å². The summed E-state index contributed by atoms with van der Waals surface area (Å²) in [5, 5.41) is 0. The molecule has 0 fully saturated rings. The highest BCUT2D eigenvalue weighted by atomic mass is 16.5. The number of hydrogen-bond acceptors (Lipinski definition) is 3. The second-order valence-electron chi connectivity index (χ2n) is 4.73. The zero-order valence-electron chi connectivity index (χ0n) is 11.6. The number of benzene rings is 1. The summed E-state index contributed by atoms with van der Waals surface area (Å²) in [4.78, 5) is 14.0. The second kappa shape index (κ2) is 5.87. The monoisotopic (exact) mass is 250 g/mol. The van der Waals surface area contributed by atoms with Gasteiger partial charge in [-0.25, -0.2) is 0 Å². The van der Waals surface area contributed by atoms with Gasteiger partial charge in [-0.3, -0.25) is 4.79 Å². The van der Waals surface area contributed by atoms with E-state index >= 15 is 0 Å². The molecule has 100 valence electrons. The third kappa shape index (κ3) is 3.23. The molecule has 0 aromatic heterocycles. The van der Waals surface area contributed by atoms with Gasteiger partial charge >= 0.3 is 0 Å². The number of nitrogens with zero attached hydrogens (tertiary/aromatic N) is 1. The lowest BCUT2D eigenvalue weighted by Crippen LogP contribution is -2.46. The number of carbonyl (C=O) groups excluding carboxylic acids is 1. The van der Waals surface area contributed by atoms with Crippen LogP contribution in [0, 0.1) is 0 Å². The van der Waals surface area contributed by atoms with Gasteiger partial charge in [0.2, 0.25) is 0 Å². The summed E-state index contributed by atoms with van der Waals surface area (Å²) >= 11 is 0. The normalized spacial score (nSPS) is 11.3. The molecule has 0 atom stereocenters. The molecule has 0 aliphatic rings. The predicted molar refractivity (Wildman–Crippen MR) is 73.0 cm³/mol. The summed E-state index contributed by atoms with van der Waals surface area (Å²) in [7, 11) is 1.54. The molecule has 4 heteroatoms. The number of nitrogens with two attached hydrogens (primary N) is 1. The Morgan fingerprint density at radius 3 is 2.50 bits per heavy atom. The Balaban J connectivity index is 2.86. The fourth-order valence-electron chi connectivity index (χ4n) is 1.68. The molecule has 0 saturated heterocycles. The van der Waals surface area contributed by atoms with Crippen LogP contribution < -0.4 is 5.73 Å². The fraction of sp³-hybridized carbons (Fsp3) is 0.500. The van der Waals surface area contributed by atoms with E-state index in [4.69, 9.17) is 10.5 Å². The Kier molecular flexibility index (Phi) is 4.73. The van der Waals surface area contributed by atoms with E-state index in [2.05, 4.69) is 0 Å². The average molecular weight is 250 g/mol. The Morgan fingerprint density at radius 2 is 2.00 bits per heavy atom. The van der Waals surface area contributed by atoms with Gasteiger partial charge in [-0.1, -0.05) is 18.2 Å². The van der Waals surface area contributed by atoms with Crippen molar-refractivity contribution in [1.29, 1.82) is 0 Å². The number of methoxy groups -OCH3 is 1. The second-order valence-corrected chi connectivity index (χ2v) is 4.73. The quantitative estimate of drug-likeness (QED) is 0.814. The van der Waals surface area contributed by atoms with E-state index in [1.54, 1.807) is 25.9 Å². The first kappa shape index (κ1) is 14.5. The summed E-state index contributed by atoms with van der Waals surface area (Å²) < 4.78 is 5.23. The zero-order chi connectivity index (χ0) is 13.8. The van der Waals surface area contributed by atoms with Crippen LogP contribution in [0.2, 0.25) is 0 Å². The van der Waals surface area contributed by atoms with Crippen molar-refractivity contribution in [2.45, 2.75) is 32.9 Å². The molecule has 0 aliphatic carbocycles. The van der Waals surface area contributed by atoms with E-state index in [0.717, 1.165) is 5.56 Å². The first-order valence-electron chi connectivity index (χ1n) is 6.10. The van der Waals surface area contributed by atoms with Gasteiger partial charge in [0.05, 0.1) is 0 Å². The number of rotatable bonds is 5. The minimum Gasteiger partial charge on any atom is -0.398 e. The Labute approximate surface area is 109 Å². The Hall–Kier alpha value is -1.55. The lowest BCUT2D eigenvalue weighted by molar-refractivity contribution is -0.151. The van der Waals surface area contributed by atoms with E-state index in [1.807, 2.05) is 31.2 Å². The van der Waals surface area contributed by atoms with Crippen LogP contribution in [-0.2, 0) is 16.1 Å². The first-order valence-corrected chi connectivity index (χ1v) is 6.10. The van der Waals surface area contributed by atoms with Crippen molar-refractivity contribution in [2.24, 2.45) is 0 Å². The van der Waals surface area contributed by atoms with Gasteiger partial charge in [0.1, 0.15) is 5.60 Å². The maximum Gasteiger partial charge on any atom is 0.254 e. The largest absolute Gasteiger partial charge is 0.398 e. The van der Waals surface area contributed by atoms with E-state index < -0.39 is 5.60 Å². The molecule has 0 heterocycles. The molecule has 1 aromatic rings. The summed E-state index contributed by atoms with van der Waals surface area (Å²) in [6, 6.07) is 7.59. The van der Waals surface area contributed by atoms with Crippen molar-refractivity contribution in [3.63, 3.8) is 0 Å². The first-order chi connectivity index (χ1) is 8.42. The van der Waals surface area contributed by atoms with E-state index in [1.165, 1.54) is 0 Å². The minimum absolute atomic E-state index is 0.0317. The SMILES string of the molecule is CCN(Cc1ccccc1N)C(=O)C(C)(C)OC. The van der Waals surface area contributed by atoms with Crippen LogP contribution in [0.1, 0.15) is 26.3 Å². The smallest absolute Gasteiger partial charge is 0.254 e. The molecule has 1 amide bonds. The average Bonchev–Trinajstić information content (AvgIpc) is 2.37. The molecule has 0 bridgehead atoms. The van der Waals surface area contributed by atoms with Gasteiger partial charge in [-0.2, -0.15) is 0 Å². The zero-order valence-corrected chi connectivity index (χ0v) is 11.6. The van der Waals surface area contributed by atoms with Crippen molar-refractivity contribution >= 4 is 11.6 Å². The molecule has 0 unspecified atom stereocenters. The molecule has 0 radical (unpaired) electrons. The lowest BCUT2D eigenvalue weighted by Gasteiger charge is -2.30. The maximum atomic E-state index is 12.3. The summed E-state index contributed by atoms with van der Waals surface area (Å²) in [6.07, 6.45) is 0. The Bertz CT molecular complexity index is 416. The summed E-state index contributed by atoms with van der Waals surface area (Å²) in [6.45, 7) is 6.62. The molecular formula is C14H22N2O2. The van der Waals surface area contributed by atoms with Crippen LogP contribution in [0.15, 0.2) is 24.3 Å². The minimum atomic E-state index is -0.806. The van der Waals surface area contributed by atoms with Crippen LogP contribution in [0.4, 0.5) is 5.69 Å². The van der Waals surface area contributed by atoms with E-state index in [9.17, 15) is 4.79 Å². The predicted octanol–water partition coefficient (Wildman–Crippen LogP) is 2.04. The van der Waals surface area contributed by atoms with Gasteiger partial charge in [-0.15, -0.1) is 0 Å². The number of carbonyl (C=O) groups is 1. The number of anilines is 1. The Morgan fingerprint density at radius 1 is 1.39 bits per heavy atom. The molecule has 2 N–H and O–H groups in total. The fourth-order valence-corrected chi connectivity index (χ4v) is 1.68. The van der Waals surface area contributed by atoms with Gasteiger partial charge in [-0.05, 0) is 32.4 Å². The standard InChI is InChI=1S/C14H22N2O2/c1-5-16(13(17)14(2,3)18-4)10-11-8-6-7-9-12(11)15/h6-9H,5,10,15H2,1-4H3. The highest BCUT2D eigenvalue weighted by molar-refractivity contribution is 5.84. The molecule has 18 heavy (non-hydrogen) atoms. The van der Waals surface area contributed by atoms with E-state index in [0.29, 0.717) is 18.8 Å². The van der Waals surface area contributed by atoms with Gasteiger partial charge in [0, 0.05) is 25.9 Å². The van der Waals surface area contributed by atoms with Crippen LogP contribution in [0.5, 0.6) is 0 Å². The van der Waals surface area contributed by atoms with Crippen molar-refractivity contribution in [3.8, 4) is 0 Å². The van der Waals surface area contributed by atoms with Crippen LogP contribution in [-0.4, -0.2) is 30.1 Å². The number of nitrogen functional groups attached to an aromatic ring is 1. The number of para-hydroxylation sites is 1.